The Kier molecular flexibility index (Phi) is 16.2. The van der Waals surface area contributed by atoms with E-state index >= 15 is 0 Å². The maximum Gasteiger partial charge on any atom is 0.309 e. The fourth-order valence-electron chi connectivity index (χ4n) is 6.70. The fraction of sp³-hybridized carbons (Fsp3) is 0.543. The molecule has 0 heterocycles. The minimum Gasteiger partial charge on any atom is -0.460 e. The summed E-state index contributed by atoms with van der Waals surface area (Å²) >= 11 is 0. The molecule has 6 heteroatoms. The molecule has 0 amide bonds. The molecule has 2 rings (SSSR count). The van der Waals surface area contributed by atoms with Gasteiger partial charge in [0.2, 0.25) is 0 Å². The molecule has 0 fully saturated rings. The molecule has 3 atom stereocenters. The molecule has 52 heavy (non-hydrogen) atoms. The molecule has 0 saturated heterocycles. The Morgan fingerprint density at radius 3 is 1.69 bits per heavy atom. The van der Waals surface area contributed by atoms with Crippen LogP contribution in [-0.2, 0) is 18.4 Å². The summed E-state index contributed by atoms with van der Waals surface area (Å²) in [7, 11) is -4.87. The minimum absolute atomic E-state index is 0.0971. The maximum atomic E-state index is 13.5. The SMILES string of the molecule is C=C(/C=C(\C)[C@@H](CC)O[Si](C)(C)C(C)(C)C)C[C@H](C)/C=C(\C)CC(=C)C(CC(=O)OC(C)(C)C)O[Si](c1ccccc1)(c1ccccc1)C(C)(C)C. The minimum atomic E-state index is -2.97. The first-order chi connectivity index (χ1) is 23.8. The summed E-state index contributed by atoms with van der Waals surface area (Å²) in [4.78, 5) is 13.5. The van der Waals surface area contributed by atoms with Gasteiger partial charge >= 0.3 is 5.97 Å². The third-order valence-corrected chi connectivity index (χ3v) is 19.7. The van der Waals surface area contributed by atoms with E-state index in [1.807, 2.05) is 32.9 Å². The fourth-order valence-corrected chi connectivity index (χ4v) is 12.8. The van der Waals surface area contributed by atoms with Gasteiger partial charge in [-0.05, 0) is 104 Å². The van der Waals surface area contributed by atoms with E-state index in [1.54, 1.807) is 0 Å². The second kappa shape index (κ2) is 18.5. The van der Waals surface area contributed by atoms with Crippen LogP contribution in [0.3, 0.4) is 0 Å². The molecule has 0 saturated carbocycles. The van der Waals surface area contributed by atoms with E-state index < -0.39 is 28.3 Å². The highest BCUT2D eigenvalue weighted by atomic mass is 28.4. The third-order valence-electron chi connectivity index (χ3n) is 10.2. The first-order valence-electron chi connectivity index (χ1n) is 19.2. The average molecular weight is 745 g/mol. The van der Waals surface area contributed by atoms with Crippen molar-refractivity contribution in [2.45, 2.75) is 157 Å². The molecule has 0 aliphatic rings. The van der Waals surface area contributed by atoms with E-state index in [0.29, 0.717) is 6.42 Å². The standard InChI is InChI=1S/C46H72O4Si2/c1-18-41(49-51(16,17)45(10,11)12)37(5)31-35(3)29-34(2)30-36(4)32-38(6)42(33-43(47)48-44(7,8)9)50-52(46(13,14)15,39-25-21-19-22-26-39)40-27-23-20-24-28-40/h19-28,30-31,34,41-42H,3,6,18,29,32-33H2,1-2,4-5,7-17H3/b36-30+,37-31+/t34-,41+,42?/m0/s1. The molecule has 0 aliphatic carbocycles. The number of hydrogen-bond acceptors (Lipinski definition) is 4. The van der Waals surface area contributed by atoms with Crippen LogP contribution in [0.5, 0.6) is 0 Å². The van der Waals surface area contributed by atoms with Gasteiger partial charge < -0.3 is 13.6 Å². The maximum absolute atomic E-state index is 13.5. The molecule has 0 radical (unpaired) electrons. The number of esters is 1. The van der Waals surface area contributed by atoms with Gasteiger partial charge in [-0.1, -0.05) is 153 Å². The summed E-state index contributed by atoms with van der Waals surface area (Å²) in [6.07, 6.45) is 6.62. The summed E-state index contributed by atoms with van der Waals surface area (Å²) in [6, 6.07) is 21.1. The van der Waals surface area contributed by atoms with Gasteiger partial charge in [-0.3, -0.25) is 4.79 Å². The molecule has 4 nitrogen and oxygen atoms in total. The highest BCUT2D eigenvalue weighted by molar-refractivity contribution is 6.99. The zero-order valence-electron chi connectivity index (χ0n) is 35.5. The van der Waals surface area contributed by atoms with Crippen molar-refractivity contribution in [3.05, 3.63) is 108 Å². The molecule has 0 aliphatic heterocycles. The Hall–Kier alpha value is -2.78. The van der Waals surface area contributed by atoms with Crippen molar-refractivity contribution in [2.75, 3.05) is 0 Å². The number of rotatable bonds is 17. The first-order valence-corrected chi connectivity index (χ1v) is 24.0. The molecule has 2 aromatic rings. The second-order valence-corrected chi connectivity index (χ2v) is 27.4. The topological polar surface area (TPSA) is 44.8 Å². The van der Waals surface area contributed by atoms with Gasteiger partial charge in [0.1, 0.15) is 5.60 Å². The molecular formula is C46H72O4Si2. The summed E-state index contributed by atoms with van der Waals surface area (Å²) in [5.74, 6) is -0.0133. The van der Waals surface area contributed by atoms with Crippen LogP contribution in [0.25, 0.3) is 0 Å². The van der Waals surface area contributed by atoms with Crippen LogP contribution in [0.2, 0.25) is 23.2 Å². The van der Waals surface area contributed by atoms with E-state index in [4.69, 9.17) is 13.6 Å². The van der Waals surface area contributed by atoms with Crippen LogP contribution in [0.1, 0.15) is 116 Å². The number of carbonyl (C=O) groups excluding carboxylic acids is 1. The first kappa shape index (κ1) is 45.4. The monoisotopic (exact) mass is 744 g/mol. The molecule has 0 spiro atoms. The summed E-state index contributed by atoms with van der Waals surface area (Å²) in [5, 5.41) is 2.24. The van der Waals surface area contributed by atoms with E-state index in [1.165, 1.54) is 21.5 Å². The van der Waals surface area contributed by atoms with Crippen molar-refractivity contribution < 1.29 is 18.4 Å². The molecule has 1 unspecified atom stereocenters. The number of benzene rings is 2. The van der Waals surface area contributed by atoms with Crippen molar-refractivity contribution >= 4 is 33.0 Å². The lowest BCUT2D eigenvalue weighted by Crippen LogP contribution is -2.68. The Labute approximate surface area is 321 Å². The van der Waals surface area contributed by atoms with Crippen LogP contribution in [0, 0.1) is 5.92 Å². The number of hydrogen-bond donors (Lipinski definition) is 0. The van der Waals surface area contributed by atoms with Gasteiger partial charge in [0.15, 0.2) is 8.32 Å². The zero-order chi connectivity index (χ0) is 39.7. The largest absolute Gasteiger partial charge is 0.460 e. The Morgan fingerprint density at radius 2 is 1.27 bits per heavy atom. The molecule has 0 aromatic heterocycles. The van der Waals surface area contributed by atoms with E-state index in [9.17, 15) is 4.79 Å². The van der Waals surface area contributed by atoms with Crippen LogP contribution in [0.15, 0.2) is 108 Å². The molecule has 288 valence electrons. The smallest absolute Gasteiger partial charge is 0.309 e. The number of ether oxygens (including phenoxy) is 1. The van der Waals surface area contributed by atoms with Gasteiger partial charge in [-0.15, -0.1) is 0 Å². The molecular weight excluding hydrogens is 673 g/mol. The van der Waals surface area contributed by atoms with Crippen molar-refractivity contribution in [1.29, 1.82) is 0 Å². The molecule has 2 aromatic carbocycles. The van der Waals surface area contributed by atoms with Gasteiger partial charge in [0.25, 0.3) is 8.32 Å². The quantitative estimate of drug-likeness (QED) is 0.0700. The lowest BCUT2D eigenvalue weighted by atomic mass is 9.94. The van der Waals surface area contributed by atoms with Gasteiger partial charge in [0.05, 0.1) is 18.6 Å². The van der Waals surface area contributed by atoms with Crippen LogP contribution < -0.4 is 10.4 Å². The van der Waals surface area contributed by atoms with Gasteiger partial charge in [-0.2, -0.15) is 0 Å². The highest BCUT2D eigenvalue weighted by Crippen LogP contribution is 2.40. The summed E-state index contributed by atoms with van der Waals surface area (Å²) < 4.78 is 20.1. The normalized spacial score (nSPS) is 15.5. The number of allylic oxidation sites excluding steroid dienone is 4. The van der Waals surface area contributed by atoms with Crippen LogP contribution in [-0.4, -0.2) is 40.4 Å². The van der Waals surface area contributed by atoms with Gasteiger partial charge in [-0.25, -0.2) is 0 Å². The van der Waals surface area contributed by atoms with Gasteiger partial charge in [0, 0.05) is 0 Å². The Balaban J connectivity index is 2.41. The zero-order valence-corrected chi connectivity index (χ0v) is 37.5. The predicted octanol–water partition coefficient (Wildman–Crippen LogP) is 11.9. The van der Waals surface area contributed by atoms with Crippen LogP contribution >= 0.6 is 0 Å². The third kappa shape index (κ3) is 13.0. The highest BCUT2D eigenvalue weighted by Gasteiger charge is 2.52. The van der Waals surface area contributed by atoms with Crippen molar-refractivity contribution in [2.24, 2.45) is 5.92 Å². The summed E-state index contributed by atoms with van der Waals surface area (Å²) in [5.41, 5.74) is 3.81. The van der Waals surface area contributed by atoms with Crippen molar-refractivity contribution in [3.8, 4) is 0 Å². The summed E-state index contributed by atoms with van der Waals surface area (Å²) in [6.45, 7) is 41.8. The lowest BCUT2D eigenvalue weighted by molar-refractivity contribution is -0.156. The predicted molar refractivity (Wildman–Crippen MR) is 230 cm³/mol. The van der Waals surface area contributed by atoms with Crippen molar-refractivity contribution in [1.82, 2.24) is 0 Å². The van der Waals surface area contributed by atoms with E-state index in [-0.39, 0.29) is 34.5 Å². The second-order valence-electron chi connectivity index (χ2n) is 18.4. The van der Waals surface area contributed by atoms with Crippen LogP contribution in [0.4, 0.5) is 0 Å². The molecule has 0 bridgehead atoms. The average Bonchev–Trinajstić information content (AvgIpc) is 3.00. The molecule has 0 N–H and O–H groups in total. The lowest BCUT2D eigenvalue weighted by Gasteiger charge is -2.45. The van der Waals surface area contributed by atoms with E-state index in [2.05, 4.69) is 156 Å². The number of carbonyl (C=O) groups is 1. The van der Waals surface area contributed by atoms with Crippen molar-refractivity contribution in [3.63, 3.8) is 0 Å². The Morgan fingerprint density at radius 1 is 0.769 bits per heavy atom. The Bertz CT molecular complexity index is 1490. The van der Waals surface area contributed by atoms with E-state index in [0.717, 1.165) is 24.0 Å².